The van der Waals surface area contributed by atoms with Crippen LogP contribution in [-0.4, -0.2) is 26.4 Å². The Morgan fingerprint density at radius 2 is 0.875 bits per heavy atom. The summed E-state index contributed by atoms with van der Waals surface area (Å²) in [5.74, 6) is 0.796. The predicted octanol–water partition coefficient (Wildman–Crippen LogP) is 2.26. The lowest BCUT2D eigenvalue weighted by atomic mass is 9.95. The maximum Gasteiger partial charge on any atom is 0.364 e. The Kier molecular flexibility index (Phi) is 2.68. The minimum atomic E-state index is 0.0536. The van der Waals surface area contributed by atoms with Crippen molar-refractivity contribution in [3.63, 3.8) is 0 Å². The van der Waals surface area contributed by atoms with Crippen molar-refractivity contribution in [2.24, 2.45) is 10.8 Å². The van der Waals surface area contributed by atoms with Gasteiger partial charge in [-0.15, -0.1) is 0 Å². The van der Waals surface area contributed by atoms with Crippen molar-refractivity contribution in [1.29, 1.82) is 0 Å². The summed E-state index contributed by atoms with van der Waals surface area (Å²) in [6.45, 7) is 10.9. The first-order valence-corrected chi connectivity index (χ1v) is 5.64. The zero-order valence-electron chi connectivity index (χ0n) is 10.5. The zero-order chi connectivity index (χ0) is 11.8. The van der Waals surface area contributed by atoms with E-state index < -0.39 is 0 Å². The summed E-state index contributed by atoms with van der Waals surface area (Å²) in [4.78, 5) is 0. The molecule has 2 rings (SSSR count). The van der Waals surface area contributed by atoms with Crippen LogP contribution in [0.25, 0.3) is 0 Å². The molecular formula is C12H20O4. The van der Waals surface area contributed by atoms with E-state index in [1.165, 1.54) is 0 Å². The largest absolute Gasteiger partial charge is 0.460 e. The molecule has 0 unspecified atom stereocenters. The van der Waals surface area contributed by atoms with Crippen LogP contribution in [0.3, 0.4) is 0 Å². The van der Waals surface area contributed by atoms with Crippen molar-refractivity contribution >= 4 is 0 Å². The zero-order valence-corrected chi connectivity index (χ0v) is 10.5. The molecule has 0 N–H and O–H groups in total. The maximum atomic E-state index is 5.51. The van der Waals surface area contributed by atoms with Gasteiger partial charge in [-0.05, 0) is 0 Å². The Hall–Kier alpha value is -1.06. The van der Waals surface area contributed by atoms with Gasteiger partial charge in [-0.3, -0.25) is 0 Å². The average Bonchev–Trinajstić information content (AvgIpc) is 2.19. The summed E-state index contributed by atoms with van der Waals surface area (Å²) in [6, 6.07) is 0. The Morgan fingerprint density at radius 3 is 1.12 bits per heavy atom. The monoisotopic (exact) mass is 228 g/mol. The first-order valence-electron chi connectivity index (χ1n) is 5.64. The average molecular weight is 228 g/mol. The Balaban J connectivity index is 1.98. The topological polar surface area (TPSA) is 36.9 Å². The van der Waals surface area contributed by atoms with Crippen LogP contribution >= 0.6 is 0 Å². The molecule has 2 heterocycles. The molecule has 4 nitrogen and oxygen atoms in total. The van der Waals surface area contributed by atoms with Gasteiger partial charge in [-0.1, -0.05) is 27.7 Å². The molecular weight excluding hydrogens is 208 g/mol. The molecule has 2 fully saturated rings. The lowest BCUT2D eigenvalue weighted by molar-refractivity contribution is -0.146. The van der Waals surface area contributed by atoms with E-state index in [0.717, 1.165) is 0 Å². The number of hydrogen-bond donors (Lipinski definition) is 0. The Bertz CT molecular complexity index is 250. The molecule has 0 atom stereocenters. The Morgan fingerprint density at radius 1 is 0.625 bits per heavy atom. The maximum absolute atomic E-state index is 5.51. The van der Waals surface area contributed by atoms with Gasteiger partial charge in [-0.25, -0.2) is 0 Å². The van der Waals surface area contributed by atoms with Crippen LogP contribution in [0.2, 0.25) is 0 Å². The highest BCUT2D eigenvalue weighted by molar-refractivity contribution is 4.94. The van der Waals surface area contributed by atoms with E-state index in [-0.39, 0.29) is 10.8 Å². The van der Waals surface area contributed by atoms with Gasteiger partial charge in [0.25, 0.3) is 0 Å². The van der Waals surface area contributed by atoms with Crippen LogP contribution in [0.4, 0.5) is 0 Å². The van der Waals surface area contributed by atoms with Crippen molar-refractivity contribution in [1.82, 2.24) is 0 Å². The van der Waals surface area contributed by atoms with Gasteiger partial charge in [-0.2, -0.15) is 0 Å². The van der Waals surface area contributed by atoms with E-state index in [2.05, 4.69) is 27.7 Å². The molecule has 0 spiro atoms. The fourth-order valence-corrected chi connectivity index (χ4v) is 1.45. The first kappa shape index (κ1) is 11.4. The van der Waals surface area contributed by atoms with Gasteiger partial charge in [0.05, 0.1) is 0 Å². The molecule has 2 saturated heterocycles. The minimum Gasteiger partial charge on any atom is -0.460 e. The van der Waals surface area contributed by atoms with Crippen LogP contribution in [-0.2, 0) is 18.9 Å². The van der Waals surface area contributed by atoms with Crippen LogP contribution in [0.1, 0.15) is 27.7 Å². The van der Waals surface area contributed by atoms with Gasteiger partial charge in [0.2, 0.25) is 0 Å². The number of ether oxygens (including phenoxy) is 4. The standard InChI is InChI=1S/C12H20O4/c1-11(2)5-13-9(14-6-11)10-15-7-12(3,4)8-16-10/h5-8H2,1-4H3. The fourth-order valence-electron chi connectivity index (χ4n) is 1.45. The summed E-state index contributed by atoms with van der Waals surface area (Å²) in [5.41, 5.74) is 0.107. The third-order valence-electron chi connectivity index (χ3n) is 2.54. The second kappa shape index (κ2) is 3.75. The summed E-state index contributed by atoms with van der Waals surface area (Å²) in [7, 11) is 0. The highest BCUT2D eigenvalue weighted by atomic mass is 16.7. The highest BCUT2D eigenvalue weighted by Gasteiger charge is 2.33. The van der Waals surface area contributed by atoms with Gasteiger partial charge < -0.3 is 18.9 Å². The molecule has 2 aliphatic heterocycles. The molecule has 0 aliphatic carbocycles. The van der Waals surface area contributed by atoms with Gasteiger partial charge >= 0.3 is 11.9 Å². The van der Waals surface area contributed by atoms with E-state index in [1.807, 2.05) is 0 Å². The minimum absolute atomic E-state index is 0.0536. The summed E-state index contributed by atoms with van der Waals surface area (Å²) >= 11 is 0. The Labute approximate surface area is 96.5 Å². The fraction of sp³-hybridized carbons (Fsp3) is 0.833. The van der Waals surface area contributed by atoms with Crippen molar-refractivity contribution in [3.8, 4) is 0 Å². The third kappa shape index (κ3) is 2.54. The van der Waals surface area contributed by atoms with Crippen LogP contribution in [0.5, 0.6) is 0 Å². The molecule has 2 aliphatic rings. The molecule has 0 saturated carbocycles. The third-order valence-corrected chi connectivity index (χ3v) is 2.54. The van der Waals surface area contributed by atoms with Gasteiger partial charge in [0.1, 0.15) is 26.4 Å². The van der Waals surface area contributed by atoms with Crippen LogP contribution < -0.4 is 0 Å². The first-order chi connectivity index (χ1) is 7.38. The normalized spacial score (nSPS) is 27.2. The number of hydrogen-bond acceptors (Lipinski definition) is 4. The van der Waals surface area contributed by atoms with E-state index in [4.69, 9.17) is 18.9 Å². The van der Waals surface area contributed by atoms with Crippen LogP contribution in [0.15, 0.2) is 11.9 Å². The lowest BCUT2D eigenvalue weighted by Gasteiger charge is -2.35. The van der Waals surface area contributed by atoms with E-state index in [0.29, 0.717) is 38.3 Å². The second-order valence-electron chi connectivity index (χ2n) is 6.06. The highest BCUT2D eigenvalue weighted by Crippen LogP contribution is 2.31. The molecule has 0 bridgehead atoms. The summed E-state index contributed by atoms with van der Waals surface area (Å²) < 4.78 is 22.0. The molecule has 0 aromatic rings. The summed E-state index contributed by atoms with van der Waals surface area (Å²) in [5, 5.41) is 0. The number of rotatable bonds is 0. The molecule has 0 amide bonds. The van der Waals surface area contributed by atoms with Gasteiger partial charge in [0.15, 0.2) is 0 Å². The molecule has 0 radical (unpaired) electrons. The molecule has 92 valence electrons. The van der Waals surface area contributed by atoms with Crippen molar-refractivity contribution in [2.75, 3.05) is 26.4 Å². The van der Waals surface area contributed by atoms with Gasteiger partial charge in [0, 0.05) is 10.8 Å². The van der Waals surface area contributed by atoms with E-state index in [1.54, 1.807) is 0 Å². The predicted molar refractivity (Wildman–Crippen MR) is 58.4 cm³/mol. The molecule has 16 heavy (non-hydrogen) atoms. The lowest BCUT2D eigenvalue weighted by Crippen LogP contribution is -2.35. The molecule has 0 aromatic carbocycles. The van der Waals surface area contributed by atoms with E-state index in [9.17, 15) is 0 Å². The molecule has 4 heteroatoms. The summed E-state index contributed by atoms with van der Waals surface area (Å²) in [6.07, 6.45) is 0. The van der Waals surface area contributed by atoms with Crippen molar-refractivity contribution in [3.05, 3.63) is 11.9 Å². The smallest absolute Gasteiger partial charge is 0.364 e. The van der Waals surface area contributed by atoms with Crippen molar-refractivity contribution < 1.29 is 18.9 Å². The quantitative estimate of drug-likeness (QED) is 0.637. The van der Waals surface area contributed by atoms with Crippen molar-refractivity contribution in [2.45, 2.75) is 27.7 Å². The van der Waals surface area contributed by atoms with E-state index >= 15 is 0 Å². The SMILES string of the molecule is CC1(C)COC(=C2OCC(C)(C)CO2)OC1. The molecule has 0 aromatic heterocycles. The second-order valence-corrected chi connectivity index (χ2v) is 6.06. The van der Waals surface area contributed by atoms with Crippen LogP contribution in [0, 0.1) is 10.8 Å².